The van der Waals surface area contributed by atoms with Crippen LogP contribution >= 0.6 is 0 Å². The van der Waals surface area contributed by atoms with Gasteiger partial charge in [0.1, 0.15) is 5.82 Å². The van der Waals surface area contributed by atoms with Crippen molar-refractivity contribution in [2.75, 3.05) is 17.6 Å². The Hall–Kier alpha value is -2.29. The summed E-state index contributed by atoms with van der Waals surface area (Å²) in [5.41, 5.74) is 5.24. The first kappa shape index (κ1) is 11.8. The van der Waals surface area contributed by atoms with Gasteiger partial charge in [-0.2, -0.15) is 0 Å². The Kier molecular flexibility index (Phi) is 4.09. The van der Waals surface area contributed by atoms with Gasteiger partial charge in [-0.25, -0.2) is 4.98 Å². The largest absolute Gasteiger partial charge is 0.378 e. The van der Waals surface area contributed by atoms with Gasteiger partial charge in [0.15, 0.2) is 0 Å². The standard InChI is InChI=1S/C10H12N4O2/c1-2-3-4-7-12-9-6-5-8(14(15)16)10(11)13-9/h1,5-6H,3-4,7H2,(H3,11,12,13). The first-order valence-electron chi connectivity index (χ1n) is 4.73. The highest BCUT2D eigenvalue weighted by Crippen LogP contribution is 2.20. The molecule has 0 unspecified atom stereocenters. The first-order chi connectivity index (χ1) is 7.65. The van der Waals surface area contributed by atoms with Gasteiger partial charge in [-0.05, 0) is 12.5 Å². The molecular weight excluding hydrogens is 208 g/mol. The molecule has 0 radical (unpaired) electrons. The molecule has 0 aliphatic carbocycles. The summed E-state index contributed by atoms with van der Waals surface area (Å²) >= 11 is 0. The van der Waals surface area contributed by atoms with Crippen LogP contribution in [0.2, 0.25) is 0 Å². The van der Waals surface area contributed by atoms with Crippen molar-refractivity contribution < 1.29 is 4.92 Å². The number of nitrogens with two attached hydrogens (primary N) is 1. The molecule has 6 heteroatoms. The Labute approximate surface area is 93.0 Å². The fourth-order valence-corrected chi connectivity index (χ4v) is 1.13. The van der Waals surface area contributed by atoms with E-state index in [1.807, 2.05) is 0 Å². The van der Waals surface area contributed by atoms with E-state index in [4.69, 9.17) is 12.2 Å². The van der Waals surface area contributed by atoms with E-state index in [1.165, 1.54) is 12.1 Å². The van der Waals surface area contributed by atoms with Crippen LogP contribution in [0.4, 0.5) is 17.3 Å². The number of unbranched alkanes of at least 4 members (excludes halogenated alkanes) is 1. The molecule has 16 heavy (non-hydrogen) atoms. The minimum Gasteiger partial charge on any atom is -0.378 e. The molecule has 6 nitrogen and oxygen atoms in total. The molecule has 0 saturated heterocycles. The molecule has 3 N–H and O–H groups in total. The Bertz CT molecular complexity index is 425. The third-order valence-corrected chi connectivity index (χ3v) is 1.90. The molecule has 0 amide bonds. The summed E-state index contributed by atoms with van der Waals surface area (Å²) in [4.78, 5) is 13.8. The summed E-state index contributed by atoms with van der Waals surface area (Å²) in [6.45, 7) is 0.661. The number of pyridine rings is 1. The molecule has 1 aromatic heterocycles. The van der Waals surface area contributed by atoms with Crippen LogP contribution in [-0.4, -0.2) is 16.5 Å². The number of anilines is 2. The van der Waals surface area contributed by atoms with Crippen molar-refractivity contribution in [3.8, 4) is 12.3 Å². The highest BCUT2D eigenvalue weighted by Gasteiger charge is 2.12. The number of nitro groups is 1. The van der Waals surface area contributed by atoms with Crippen molar-refractivity contribution >= 4 is 17.3 Å². The topological polar surface area (TPSA) is 94.1 Å². The van der Waals surface area contributed by atoms with Gasteiger partial charge in [0.2, 0.25) is 5.82 Å². The van der Waals surface area contributed by atoms with E-state index in [9.17, 15) is 10.1 Å². The van der Waals surface area contributed by atoms with Gasteiger partial charge < -0.3 is 11.1 Å². The van der Waals surface area contributed by atoms with Crippen LogP contribution < -0.4 is 11.1 Å². The number of nitrogens with zero attached hydrogens (tertiary/aromatic N) is 2. The van der Waals surface area contributed by atoms with Crippen LogP contribution in [0.5, 0.6) is 0 Å². The minimum atomic E-state index is -0.565. The van der Waals surface area contributed by atoms with E-state index < -0.39 is 4.92 Å². The van der Waals surface area contributed by atoms with E-state index in [-0.39, 0.29) is 11.5 Å². The van der Waals surface area contributed by atoms with Crippen molar-refractivity contribution in [2.24, 2.45) is 0 Å². The van der Waals surface area contributed by atoms with Gasteiger partial charge >= 0.3 is 5.69 Å². The number of nitrogen functional groups attached to an aromatic ring is 1. The van der Waals surface area contributed by atoms with Crippen LogP contribution in [0.25, 0.3) is 0 Å². The third kappa shape index (κ3) is 3.13. The average Bonchev–Trinajstić information content (AvgIpc) is 2.24. The summed E-state index contributed by atoms with van der Waals surface area (Å²) in [5, 5.41) is 13.5. The maximum Gasteiger partial charge on any atom is 0.311 e. The van der Waals surface area contributed by atoms with Crippen LogP contribution in [0.1, 0.15) is 12.8 Å². The molecule has 0 fully saturated rings. The first-order valence-corrected chi connectivity index (χ1v) is 4.73. The fraction of sp³-hybridized carbons (Fsp3) is 0.300. The molecule has 0 aliphatic rings. The van der Waals surface area contributed by atoms with E-state index >= 15 is 0 Å². The van der Waals surface area contributed by atoms with Crippen molar-refractivity contribution in [2.45, 2.75) is 12.8 Å². The molecule has 1 aromatic rings. The molecule has 0 spiro atoms. The van der Waals surface area contributed by atoms with E-state index in [0.29, 0.717) is 18.8 Å². The lowest BCUT2D eigenvalue weighted by Gasteiger charge is -2.04. The maximum atomic E-state index is 10.5. The molecule has 84 valence electrons. The Balaban J connectivity index is 2.60. The van der Waals surface area contributed by atoms with Crippen molar-refractivity contribution in [1.82, 2.24) is 4.98 Å². The lowest BCUT2D eigenvalue weighted by Crippen LogP contribution is -2.05. The second-order valence-electron chi connectivity index (χ2n) is 3.09. The van der Waals surface area contributed by atoms with Crippen molar-refractivity contribution in [3.05, 3.63) is 22.2 Å². The second-order valence-corrected chi connectivity index (χ2v) is 3.09. The van der Waals surface area contributed by atoms with Gasteiger partial charge in [-0.15, -0.1) is 12.3 Å². The number of hydrogen-bond donors (Lipinski definition) is 2. The number of terminal acetylenes is 1. The van der Waals surface area contributed by atoms with Gasteiger partial charge in [0.25, 0.3) is 0 Å². The number of nitrogens with one attached hydrogen (secondary N) is 1. The van der Waals surface area contributed by atoms with Crippen LogP contribution in [0.15, 0.2) is 12.1 Å². The quantitative estimate of drug-likeness (QED) is 0.338. The summed E-state index contributed by atoms with van der Waals surface area (Å²) in [5.74, 6) is 2.94. The monoisotopic (exact) mass is 220 g/mol. The highest BCUT2D eigenvalue weighted by atomic mass is 16.6. The molecule has 0 saturated carbocycles. The van der Waals surface area contributed by atoms with Crippen molar-refractivity contribution in [3.63, 3.8) is 0 Å². The van der Waals surface area contributed by atoms with Crippen LogP contribution in [-0.2, 0) is 0 Å². The molecule has 1 rings (SSSR count). The number of hydrogen-bond acceptors (Lipinski definition) is 5. The maximum absolute atomic E-state index is 10.5. The van der Waals surface area contributed by atoms with Gasteiger partial charge in [0, 0.05) is 19.0 Å². The van der Waals surface area contributed by atoms with E-state index in [2.05, 4.69) is 16.2 Å². The van der Waals surface area contributed by atoms with Crippen LogP contribution in [0, 0.1) is 22.5 Å². The predicted molar refractivity (Wildman–Crippen MR) is 61.9 cm³/mol. The number of aromatic nitrogens is 1. The summed E-state index contributed by atoms with van der Waals surface area (Å²) in [6.07, 6.45) is 6.59. The van der Waals surface area contributed by atoms with Gasteiger partial charge in [0.05, 0.1) is 4.92 Å². The SMILES string of the molecule is C#CCCCNc1ccc([N+](=O)[O-])c(N)n1. The minimum absolute atomic E-state index is 0.0908. The molecule has 0 bridgehead atoms. The highest BCUT2D eigenvalue weighted by molar-refractivity contribution is 5.57. The zero-order valence-corrected chi connectivity index (χ0v) is 8.64. The predicted octanol–water partition coefficient (Wildman–Crippen LogP) is 1.40. The molecule has 0 aliphatic heterocycles. The van der Waals surface area contributed by atoms with Gasteiger partial charge in [-0.3, -0.25) is 10.1 Å². The van der Waals surface area contributed by atoms with Gasteiger partial charge in [-0.1, -0.05) is 0 Å². The van der Waals surface area contributed by atoms with Crippen molar-refractivity contribution in [1.29, 1.82) is 0 Å². The lowest BCUT2D eigenvalue weighted by atomic mass is 10.3. The smallest absolute Gasteiger partial charge is 0.311 e. The Morgan fingerprint density at radius 2 is 2.38 bits per heavy atom. The van der Waals surface area contributed by atoms with E-state index in [0.717, 1.165) is 6.42 Å². The molecule has 0 atom stereocenters. The molecule has 1 heterocycles. The lowest BCUT2D eigenvalue weighted by molar-refractivity contribution is -0.384. The Morgan fingerprint density at radius 1 is 1.62 bits per heavy atom. The van der Waals surface area contributed by atoms with E-state index in [1.54, 1.807) is 0 Å². The zero-order valence-electron chi connectivity index (χ0n) is 8.64. The second kappa shape index (κ2) is 5.56. The number of rotatable bonds is 5. The average molecular weight is 220 g/mol. The Morgan fingerprint density at radius 3 is 2.94 bits per heavy atom. The summed E-state index contributed by atoms with van der Waals surface area (Å²) in [6, 6.07) is 2.84. The third-order valence-electron chi connectivity index (χ3n) is 1.90. The fourth-order valence-electron chi connectivity index (χ4n) is 1.13. The van der Waals surface area contributed by atoms with Crippen LogP contribution in [0.3, 0.4) is 0 Å². The normalized spacial score (nSPS) is 9.44. The molecule has 0 aromatic carbocycles. The molecular formula is C10H12N4O2. The summed E-state index contributed by atoms with van der Waals surface area (Å²) < 4.78 is 0. The zero-order chi connectivity index (χ0) is 12.0. The summed E-state index contributed by atoms with van der Waals surface area (Å²) in [7, 11) is 0.